The number of rotatable bonds is 6. The summed E-state index contributed by atoms with van der Waals surface area (Å²) in [6.45, 7) is 6.60. The molecule has 1 aliphatic rings. The average molecular weight is 485 g/mol. The maximum Gasteiger partial charge on any atom is 0.407 e. The Morgan fingerprint density at radius 1 is 1.21 bits per heavy atom. The molecule has 7 nitrogen and oxygen atoms in total. The molecule has 1 fully saturated rings. The summed E-state index contributed by atoms with van der Waals surface area (Å²) in [5, 5.41) is 6.03. The number of carbonyl (C=O) groups excluding carboxylic acids is 2. The Morgan fingerprint density at radius 2 is 1.88 bits per heavy atom. The minimum Gasteiger partial charge on any atom is -0.444 e. The minimum absolute atomic E-state index is 0.270. The fourth-order valence-corrected chi connectivity index (χ4v) is 3.96. The van der Waals surface area contributed by atoms with Crippen molar-refractivity contribution in [2.45, 2.75) is 58.6 Å². The van der Waals surface area contributed by atoms with E-state index in [0.29, 0.717) is 35.3 Å². The van der Waals surface area contributed by atoms with Gasteiger partial charge in [-0.25, -0.2) is 4.79 Å². The highest BCUT2D eigenvalue weighted by Crippen LogP contribution is 2.28. The zero-order valence-corrected chi connectivity index (χ0v) is 20.7. The van der Waals surface area contributed by atoms with Crippen LogP contribution in [0.2, 0.25) is 5.02 Å². The highest BCUT2D eigenvalue weighted by atomic mass is 35.5. The molecule has 0 atom stereocenters. The normalized spacial score (nSPS) is 16.0. The van der Waals surface area contributed by atoms with Crippen LogP contribution >= 0.6 is 11.6 Å². The maximum absolute atomic E-state index is 12.8. The number of ether oxygens (including phenoxy) is 1. The molecular formula is C26H33ClN4O3. The summed E-state index contributed by atoms with van der Waals surface area (Å²) in [7, 11) is 0. The number of hydrogen-bond donors (Lipinski definition) is 3. The molecule has 0 radical (unpaired) electrons. The fraction of sp³-hybridized carbons (Fsp3) is 0.423. The van der Waals surface area contributed by atoms with Crippen molar-refractivity contribution in [2.75, 3.05) is 6.54 Å². The van der Waals surface area contributed by atoms with E-state index in [1.165, 1.54) is 11.8 Å². The van der Waals surface area contributed by atoms with E-state index in [4.69, 9.17) is 22.1 Å². The summed E-state index contributed by atoms with van der Waals surface area (Å²) in [6, 6.07) is 9.44. The van der Waals surface area contributed by atoms with Gasteiger partial charge in [-0.3, -0.25) is 9.78 Å². The van der Waals surface area contributed by atoms with Crippen LogP contribution in [-0.2, 0) is 11.3 Å². The molecule has 34 heavy (non-hydrogen) atoms. The lowest BCUT2D eigenvalue weighted by Gasteiger charge is -2.25. The van der Waals surface area contributed by atoms with Gasteiger partial charge < -0.3 is 21.1 Å². The van der Waals surface area contributed by atoms with Gasteiger partial charge in [0.1, 0.15) is 5.60 Å². The zero-order chi connectivity index (χ0) is 24.7. The summed E-state index contributed by atoms with van der Waals surface area (Å²) in [4.78, 5) is 29.0. The summed E-state index contributed by atoms with van der Waals surface area (Å²) < 4.78 is 5.28. The van der Waals surface area contributed by atoms with Crippen molar-refractivity contribution < 1.29 is 14.3 Å². The first-order chi connectivity index (χ1) is 16.1. The second-order valence-electron chi connectivity index (χ2n) is 9.55. The Labute approximate surface area is 206 Å². The van der Waals surface area contributed by atoms with Gasteiger partial charge in [-0.2, -0.15) is 0 Å². The van der Waals surface area contributed by atoms with Crippen LogP contribution in [0.3, 0.4) is 0 Å². The summed E-state index contributed by atoms with van der Waals surface area (Å²) in [5.74, 6) is 0.122. The molecule has 1 heterocycles. The molecule has 2 amide bonds. The quantitative estimate of drug-likeness (QED) is 0.523. The number of alkyl carbamates (subject to hydrolysis) is 1. The first-order valence-corrected chi connectivity index (χ1v) is 11.9. The smallest absolute Gasteiger partial charge is 0.407 e. The SMILES string of the molecule is CC(C)(C)OC(=O)NCC1CCC(=CNC(=O)c2cc(-c3ccc(CN)cc3)ncc2Cl)CC1. The molecule has 0 bridgehead atoms. The number of benzene rings is 1. The van der Waals surface area contributed by atoms with Crippen LogP contribution in [0.4, 0.5) is 4.79 Å². The molecule has 2 aromatic rings. The van der Waals surface area contributed by atoms with Gasteiger partial charge in [0.15, 0.2) is 0 Å². The topological polar surface area (TPSA) is 106 Å². The van der Waals surface area contributed by atoms with E-state index in [1.807, 2.05) is 45.0 Å². The number of hydrogen-bond acceptors (Lipinski definition) is 5. The van der Waals surface area contributed by atoms with Crippen LogP contribution in [0.25, 0.3) is 11.3 Å². The van der Waals surface area contributed by atoms with E-state index in [-0.39, 0.29) is 12.0 Å². The lowest BCUT2D eigenvalue weighted by molar-refractivity contribution is 0.0516. The van der Waals surface area contributed by atoms with Crippen molar-refractivity contribution in [3.63, 3.8) is 0 Å². The van der Waals surface area contributed by atoms with Gasteiger partial charge in [0.05, 0.1) is 16.3 Å². The van der Waals surface area contributed by atoms with Crippen LogP contribution in [-0.4, -0.2) is 29.1 Å². The van der Waals surface area contributed by atoms with E-state index < -0.39 is 5.60 Å². The van der Waals surface area contributed by atoms with Gasteiger partial charge in [-0.15, -0.1) is 0 Å². The van der Waals surface area contributed by atoms with Gasteiger partial charge in [-0.1, -0.05) is 41.4 Å². The van der Waals surface area contributed by atoms with Crippen molar-refractivity contribution >= 4 is 23.6 Å². The lowest BCUT2D eigenvalue weighted by atomic mass is 9.86. The Balaban J connectivity index is 1.53. The second-order valence-corrected chi connectivity index (χ2v) is 9.96. The van der Waals surface area contributed by atoms with Crippen molar-refractivity contribution in [1.29, 1.82) is 0 Å². The summed E-state index contributed by atoms with van der Waals surface area (Å²) in [6.07, 6.45) is 6.51. The number of pyridine rings is 1. The van der Waals surface area contributed by atoms with E-state index in [1.54, 1.807) is 12.3 Å². The number of amides is 2. The van der Waals surface area contributed by atoms with Crippen LogP contribution in [0.5, 0.6) is 0 Å². The molecule has 8 heteroatoms. The molecule has 1 saturated carbocycles. The average Bonchev–Trinajstić information content (AvgIpc) is 2.81. The molecule has 0 saturated heterocycles. The Hall–Kier alpha value is -2.90. The van der Waals surface area contributed by atoms with Gasteiger partial charge in [0.25, 0.3) is 5.91 Å². The molecule has 182 valence electrons. The molecule has 4 N–H and O–H groups in total. The van der Waals surface area contributed by atoms with E-state index in [2.05, 4.69) is 15.6 Å². The number of halogens is 1. The minimum atomic E-state index is -0.502. The van der Waals surface area contributed by atoms with E-state index in [0.717, 1.165) is 36.8 Å². The van der Waals surface area contributed by atoms with E-state index >= 15 is 0 Å². The van der Waals surface area contributed by atoms with Gasteiger partial charge in [0.2, 0.25) is 0 Å². The van der Waals surface area contributed by atoms with Gasteiger partial charge in [0, 0.05) is 31.0 Å². The molecule has 1 aliphatic carbocycles. The maximum atomic E-state index is 12.8. The molecule has 1 aromatic carbocycles. The largest absolute Gasteiger partial charge is 0.444 e. The number of nitrogens with two attached hydrogens (primary N) is 1. The number of nitrogens with one attached hydrogen (secondary N) is 2. The van der Waals surface area contributed by atoms with Crippen LogP contribution < -0.4 is 16.4 Å². The molecule has 0 unspecified atom stereocenters. The van der Waals surface area contributed by atoms with Crippen molar-refractivity contribution in [3.8, 4) is 11.3 Å². The fourth-order valence-electron chi connectivity index (χ4n) is 3.77. The zero-order valence-electron chi connectivity index (χ0n) is 20.0. The molecule has 3 rings (SSSR count). The summed E-state index contributed by atoms with van der Waals surface area (Å²) >= 11 is 6.26. The lowest BCUT2D eigenvalue weighted by Crippen LogP contribution is -2.35. The number of nitrogens with zero attached hydrogens (tertiary/aromatic N) is 1. The van der Waals surface area contributed by atoms with Gasteiger partial charge >= 0.3 is 6.09 Å². The predicted octanol–water partition coefficient (Wildman–Crippen LogP) is 5.19. The van der Waals surface area contributed by atoms with Crippen molar-refractivity contribution in [2.24, 2.45) is 11.7 Å². The van der Waals surface area contributed by atoms with Crippen LogP contribution in [0.15, 0.2) is 48.3 Å². The van der Waals surface area contributed by atoms with Gasteiger partial charge in [-0.05, 0) is 64.0 Å². The van der Waals surface area contributed by atoms with Crippen LogP contribution in [0.1, 0.15) is 62.4 Å². The third-order valence-corrected chi connectivity index (χ3v) is 5.98. The third-order valence-electron chi connectivity index (χ3n) is 5.67. The molecular weight excluding hydrogens is 452 g/mol. The molecule has 0 aliphatic heterocycles. The first kappa shape index (κ1) is 25.7. The Morgan fingerprint density at radius 3 is 2.50 bits per heavy atom. The summed E-state index contributed by atoms with van der Waals surface area (Å²) in [5.41, 5.74) is 9.29. The van der Waals surface area contributed by atoms with E-state index in [9.17, 15) is 9.59 Å². The molecule has 1 aromatic heterocycles. The van der Waals surface area contributed by atoms with Crippen LogP contribution in [0, 0.1) is 5.92 Å². The third kappa shape index (κ3) is 7.57. The monoisotopic (exact) mass is 484 g/mol. The predicted molar refractivity (Wildman–Crippen MR) is 134 cm³/mol. The second kappa shape index (κ2) is 11.5. The molecule has 0 spiro atoms. The van der Waals surface area contributed by atoms with Crippen molar-refractivity contribution in [1.82, 2.24) is 15.6 Å². The highest BCUT2D eigenvalue weighted by molar-refractivity contribution is 6.33. The highest BCUT2D eigenvalue weighted by Gasteiger charge is 2.20. The number of carbonyl (C=O) groups is 2. The van der Waals surface area contributed by atoms with Crippen molar-refractivity contribution in [3.05, 3.63) is 64.5 Å². The Kier molecular flexibility index (Phi) is 8.69. The standard InChI is InChI=1S/C26H33ClN4O3/c1-26(2,3)34-25(33)31-15-19-6-4-18(5-7-19)14-30-24(32)21-12-23(29-16-22(21)27)20-10-8-17(13-28)9-11-20/h8-12,14,16,19H,4-7,13,15,28H2,1-3H3,(H,30,32)(H,31,33). The number of aromatic nitrogens is 1. The first-order valence-electron chi connectivity index (χ1n) is 11.5. The number of allylic oxidation sites excluding steroid dienone is 1. The Bertz CT molecular complexity index is 1040.